The fourth-order valence-electron chi connectivity index (χ4n) is 7.73. The summed E-state index contributed by atoms with van der Waals surface area (Å²) in [6.45, 7) is 1.93. The highest BCUT2D eigenvalue weighted by atomic mass is 35.5. The molecule has 0 bridgehead atoms. The summed E-state index contributed by atoms with van der Waals surface area (Å²) in [6, 6.07) is 14.0. The van der Waals surface area contributed by atoms with Crippen LogP contribution in [0, 0.1) is 25.2 Å². The number of aliphatic hydroxyl groups is 1. The van der Waals surface area contributed by atoms with Crippen LogP contribution in [0.4, 0.5) is 33.6 Å². The molecule has 0 spiro atoms. The predicted octanol–water partition coefficient (Wildman–Crippen LogP) is 9.60. The predicted molar refractivity (Wildman–Crippen MR) is 290 cm³/mol. The van der Waals surface area contributed by atoms with Gasteiger partial charge in [-0.05, 0) is 97.5 Å². The molecule has 0 amide bonds. The number of aromatic hydroxyl groups is 1. The van der Waals surface area contributed by atoms with Crippen molar-refractivity contribution in [3.63, 3.8) is 0 Å². The van der Waals surface area contributed by atoms with E-state index in [9.17, 15) is 80.3 Å². The van der Waals surface area contributed by atoms with E-state index in [1.54, 1.807) is 6.92 Å². The van der Waals surface area contributed by atoms with Crippen molar-refractivity contribution in [2.24, 2.45) is 30.7 Å². The highest BCUT2D eigenvalue weighted by Gasteiger charge is 2.27. The van der Waals surface area contributed by atoms with Crippen molar-refractivity contribution >= 4 is 157 Å². The Labute approximate surface area is 465 Å². The van der Waals surface area contributed by atoms with Gasteiger partial charge in [0.05, 0.1) is 50.5 Å². The molecule has 0 aliphatic carbocycles. The van der Waals surface area contributed by atoms with Crippen molar-refractivity contribution in [3.05, 3.63) is 87.9 Å². The molecule has 3 heterocycles. The molecule has 5 aromatic carbocycles. The van der Waals surface area contributed by atoms with Gasteiger partial charge >= 0.3 is 0 Å². The Bertz CT molecular complexity index is 4640. The second kappa shape index (κ2) is 22.6. The molecule has 7 N–H and O–H groups in total. The number of ether oxygens (including phenoxy) is 1. The van der Waals surface area contributed by atoms with Crippen LogP contribution >= 0.6 is 34.7 Å². The SMILES string of the molecule is Cc1cc(N=Nc2c(C)c(C#N)c3nc4c(S(=O)(=O)O)cc(CO)cc4n3c2O)c(OCCCS(=O)(=O)O)cc1N=Nc1cc(Cl)c(N=Nc2nc3c(S(=O)(=O)O)cc4ccc(S(=O)(=O)O)cc4c3s2)cc1SCCCS(=O)(=O)O. The molecular formula is C44H37ClN10O18S7. The maximum Gasteiger partial charge on any atom is 0.296 e. The number of nitrogens with zero attached hydrogens (tertiary/aromatic N) is 10. The van der Waals surface area contributed by atoms with Gasteiger partial charge in [0.25, 0.3) is 50.6 Å². The number of halogens is 1. The molecule has 0 fully saturated rings. The lowest BCUT2D eigenvalue weighted by Crippen LogP contribution is -2.08. The van der Waals surface area contributed by atoms with Crippen molar-refractivity contribution < 1.29 is 79.8 Å². The Hall–Kier alpha value is -6.76. The van der Waals surface area contributed by atoms with Crippen LogP contribution in [0.25, 0.3) is 37.7 Å². The summed E-state index contributed by atoms with van der Waals surface area (Å²) in [5.74, 6) is -2.04. The number of hydrogen-bond donors (Lipinski definition) is 7. The molecule has 8 rings (SSSR count). The largest absolute Gasteiger partial charge is 0.493 e. The van der Waals surface area contributed by atoms with Crippen LogP contribution in [-0.4, -0.2) is 113 Å². The minimum absolute atomic E-state index is 0.00567. The van der Waals surface area contributed by atoms with Crippen LogP contribution in [0.5, 0.6) is 11.6 Å². The van der Waals surface area contributed by atoms with Gasteiger partial charge in [0, 0.05) is 21.9 Å². The molecule has 3 aromatic heterocycles. The summed E-state index contributed by atoms with van der Waals surface area (Å²) in [5, 5.41) is 57.4. The standard InChI is InChI=1S/C44H37ClN10O18S7/c1-21-11-31(51-53-38-22(2)27(19-46)42-47-39-33(55(42)43(38)57)12-23(20-56)13-36(39)79(67,68)69)34(73-7-3-9-76(58,59)60)17-29(21)49-52-32-16-28(45)30(18-35(32)74-8-4-10-77(61,62)63)50-54-44-48-40-37(80(70,71)72)14-24-5-6-25(78(64,65)66)15-26(24)41(40)75-44/h5-6,11-18,56-57H,3-4,7-10,20H2,1-2H3,(H,58,59,60)(H,61,62,63)(H,64,65,66)(H,67,68,69)(H,70,71,72). The van der Waals surface area contributed by atoms with Gasteiger partial charge in [-0.2, -0.15) is 52.5 Å². The first-order valence-corrected chi connectivity index (χ1v) is 32.0. The molecule has 28 nitrogen and oxygen atoms in total. The third kappa shape index (κ3) is 13.2. The summed E-state index contributed by atoms with van der Waals surface area (Å²) in [5.41, 5.74) is -1.13. The zero-order valence-electron chi connectivity index (χ0n) is 40.6. The minimum atomic E-state index is -4.95. The van der Waals surface area contributed by atoms with E-state index < -0.39 is 89.3 Å². The lowest BCUT2D eigenvalue weighted by molar-refractivity contribution is 0.281. The molecule has 8 aromatic rings. The number of pyridine rings is 1. The molecule has 420 valence electrons. The normalized spacial score (nSPS) is 13.1. The van der Waals surface area contributed by atoms with Crippen LogP contribution in [0.15, 0.2) is 111 Å². The number of hydrogen-bond acceptors (Lipinski definition) is 24. The Morgan fingerprint density at radius 3 is 2.02 bits per heavy atom. The lowest BCUT2D eigenvalue weighted by Gasteiger charge is -2.12. The molecular weight excluding hydrogens is 1220 g/mol. The number of azo groups is 3. The third-order valence-electron chi connectivity index (χ3n) is 11.4. The van der Waals surface area contributed by atoms with Crippen molar-refractivity contribution in [2.75, 3.05) is 23.9 Å². The van der Waals surface area contributed by atoms with E-state index in [0.29, 0.717) is 5.56 Å². The first-order chi connectivity index (χ1) is 37.3. The van der Waals surface area contributed by atoms with E-state index >= 15 is 0 Å². The van der Waals surface area contributed by atoms with Gasteiger partial charge in [-0.25, -0.2) is 9.97 Å². The van der Waals surface area contributed by atoms with Gasteiger partial charge in [-0.3, -0.25) is 27.2 Å². The Balaban J connectivity index is 1.19. The van der Waals surface area contributed by atoms with Gasteiger partial charge in [0.1, 0.15) is 55.3 Å². The van der Waals surface area contributed by atoms with Crippen LogP contribution in [0.1, 0.15) is 35.1 Å². The lowest BCUT2D eigenvalue weighted by atomic mass is 10.1. The van der Waals surface area contributed by atoms with Crippen molar-refractivity contribution in [3.8, 4) is 17.7 Å². The second-order valence-electron chi connectivity index (χ2n) is 17.0. The molecule has 0 unspecified atom stereocenters. The molecule has 0 atom stereocenters. The van der Waals surface area contributed by atoms with Gasteiger partial charge < -0.3 is 14.9 Å². The van der Waals surface area contributed by atoms with E-state index in [1.165, 1.54) is 43.3 Å². The molecule has 0 saturated carbocycles. The summed E-state index contributed by atoms with van der Waals surface area (Å²) >= 11 is 8.48. The van der Waals surface area contributed by atoms with Crippen LogP contribution in [-0.2, 0) is 57.2 Å². The molecule has 0 aliphatic rings. The maximum absolute atomic E-state index is 12.4. The summed E-state index contributed by atoms with van der Waals surface area (Å²) < 4.78 is 175. The van der Waals surface area contributed by atoms with E-state index in [2.05, 4.69) is 40.7 Å². The Kier molecular flexibility index (Phi) is 16.8. The number of rotatable bonds is 20. The highest BCUT2D eigenvalue weighted by molar-refractivity contribution is 7.99. The fraction of sp³-hybridized carbons (Fsp3) is 0.205. The molecule has 0 aliphatic heterocycles. The zero-order chi connectivity index (χ0) is 58.4. The second-order valence-corrected chi connectivity index (χ2v) is 26.9. The van der Waals surface area contributed by atoms with E-state index in [1.807, 2.05) is 6.07 Å². The van der Waals surface area contributed by atoms with E-state index in [4.69, 9.17) is 16.3 Å². The number of fused-ring (bicyclic) bond motifs is 6. The average molecular weight is 1250 g/mol. The Morgan fingerprint density at radius 1 is 0.725 bits per heavy atom. The monoisotopic (exact) mass is 1250 g/mol. The van der Waals surface area contributed by atoms with E-state index in [0.717, 1.165) is 51.8 Å². The summed E-state index contributed by atoms with van der Waals surface area (Å²) in [7, 11) is -23.3. The van der Waals surface area contributed by atoms with Crippen LogP contribution in [0.3, 0.4) is 0 Å². The van der Waals surface area contributed by atoms with Crippen molar-refractivity contribution in [1.29, 1.82) is 5.26 Å². The molecule has 0 radical (unpaired) electrons. The number of nitriles is 1. The number of aliphatic hydroxyl groups excluding tert-OH is 1. The Morgan fingerprint density at radius 2 is 1.38 bits per heavy atom. The fourth-order valence-corrected chi connectivity index (χ4v) is 12.9. The smallest absolute Gasteiger partial charge is 0.296 e. The van der Waals surface area contributed by atoms with Crippen molar-refractivity contribution in [1.82, 2.24) is 14.4 Å². The quantitative estimate of drug-likeness (QED) is 0.0161. The van der Waals surface area contributed by atoms with Gasteiger partial charge in [0.15, 0.2) is 11.3 Å². The molecule has 80 heavy (non-hydrogen) atoms. The van der Waals surface area contributed by atoms with Crippen LogP contribution < -0.4 is 4.74 Å². The average Bonchev–Trinajstić information content (AvgIpc) is 4.21. The van der Waals surface area contributed by atoms with Gasteiger partial charge in [-0.15, -0.1) is 37.3 Å². The number of aryl methyl sites for hydroxylation is 1. The number of aromatic nitrogens is 3. The number of thiazole rings is 1. The minimum Gasteiger partial charge on any atom is -0.493 e. The van der Waals surface area contributed by atoms with Crippen molar-refractivity contribution in [2.45, 2.75) is 52.9 Å². The maximum atomic E-state index is 12.4. The summed E-state index contributed by atoms with van der Waals surface area (Å²) in [4.78, 5) is 6.84. The number of benzene rings is 5. The first-order valence-electron chi connectivity index (χ1n) is 22.3. The first kappa shape index (κ1) is 59.4. The number of imidazole rings is 1. The molecule has 36 heteroatoms. The number of thioether (sulfide) groups is 1. The molecule has 0 saturated heterocycles. The van der Waals surface area contributed by atoms with Gasteiger partial charge in [0.2, 0.25) is 11.0 Å². The third-order valence-corrected chi connectivity index (χ3v) is 18.0. The van der Waals surface area contributed by atoms with E-state index in [-0.39, 0.29) is 129 Å². The highest BCUT2D eigenvalue weighted by Crippen LogP contribution is 2.45. The van der Waals surface area contributed by atoms with Crippen LogP contribution in [0.2, 0.25) is 5.02 Å². The summed E-state index contributed by atoms with van der Waals surface area (Å²) in [6.07, 6.45) is -0.277. The van der Waals surface area contributed by atoms with Gasteiger partial charge in [-0.1, -0.05) is 29.0 Å². The zero-order valence-corrected chi connectivity index (χ0v) is 47.0. The topological polar surface area (TPSA) is 450 Å².